The first kappa shape index (κ1) is 17.5. The van der Waals surface area contributed by atoms with Gasteiger partial charge in [-0.1, -0.05) is 42.8 Å². The fourth-order valence-electron chi connectivity index (χ4n) is 2.90. The van der Waals surface area contributed by atoms with Crippen molar-refractivity contribution in [2.75, 3.05) is 16.0 Å². The van der Waals surface area contributed by atoms with Gasteiger partial charge >= 0.3 is 0 Å². The standard InChI is InChI=1S/C20H22N2O2S/c1-3-6-18(23)21-17-8-5-4-7-16(17)20-22(19(24)13-25-20)15-11-9-14(2)10-12-15/h4-5,7-12,20H,3,6,13H2,1-2H3,(H,21,23). The Kier molecular flexibility index (Phi) is 5.43. The van der Waals surface area contributed by atoms with E-state index in [1.807, 2.05) is 67.3 Å². The zero-order valence-electron chi connectivity index (χ0n) is 14.5. The van der Waals surface area contributed by atoms with Gasteiger partial charge in [0.25, 0.3) is 0 Å². The van der Waals surface area contributed by atoms with Crippen LogP contribution in [0.4, 0.5) is 11.4 Å². The van der Waals surface area contributed by atoms with Gasteiger partial charge in [0.15, 0.2) is 0 Å². The molecule has 2 amide bonds. The minimum atomic E-state index is -0.131. The molecule has 1 aliphatic heterocycles. The van der Waals surface area contributed by atoms with Gasteiger partial charge in [-0.25, -0.2) is 0 Å². The Morgan fingerprint density at radius 1 is 1.20 bits per heavy atom. The summed E-state index contributed by atoms with van der Waals surface area (Å²) >= 11 is 1.59. The second-order valence-electron chi connectivity index (χ2n) is 6.15. The lowest BCUT2D eigenvalue weighted by Gasteiger charge is -2.26. The topological polar surface area (TPSA) is 49.4 Å². The van der Waals surface area contributed by atoms with Crippen molar-refractivity contribution in [3.05, 3.63) is 59.7 Å². The molecule has 1 saturated heterocycles. The van der Waals surface area contributed by atoms with Crippen LogP contribution in [0.25, 0.3) is 0 Å². The second kappa shape index (κ2) is 7.74. The maximum Gasteiger partial charge on any atom is 0.238 e. The predicted molar refractivity (Wildman–Crippen MR) is 104 cm³/mol. The molecule has 0 aliphatic carbocycles. The van der Waals surface area contributed by atoms with Crippen molar-refractivity contribution >= 4 is 35.0 Å². The van der Waals surface area contributed by atoms with E-state index in [-0.39, 0.29) is 17.2 Å². The Morgan fingerprint density at radius 3 is 2.64 bits per heavy atom. The third-order valence-electron chi connectivity index (χ3n) is 4.16. The number of thioether (sulfide) groups is 1. The van der Waals surface area contributed by atoms with Gasteiger partial charge in [0, 0.05) is 23.4 Å². The summed E-state index contributed by atoms with van der Waals surface area (Å²) in [6, 6.07) is 15.7. The Bertz CT molecular complexity index is 774. The lowest BCUT2D eigenvalue weighted by molar-refractivity contribution is -0.116. The summed E-state index contributed by atoms with van der Waals surface area (Å²) < 4.78 is 0. The fourth-order valence-corrected chi connectivity index (χ4v) is 4.12. The molecule has 0 bridgehead atoms. The molecule has 5 heteroatoms. The van der Waals surface area contributed by atoms with E-state index in [0.717, 1.165) is 28.9 Å². The highest BCUT2D eigenvalue weighted by atomic mass is 32.2. The van der Waals surface area contributed by atoms with Gasteiger partial charge in [0.2, 0.25) is 11.8 Å². The number of aryl methyl sites for hydroxylation is 1. The van der Waals surface area contributed by atoms with E-state index >= 15 is 0 Å². The first-order valence-electron chi connectivity index (χ1n) is 8.49. The van der Waals surface area contributed by atoms with Gasteiger partial charge in [-0.15, -0.1) is 11.8 Å². The molecule has 0 aromatic heterocycles. The molecule has 0 radical (unpaired) electrons. The van der Waals surface area contributed by atoms with Gasteiger partial charge in [0.1, 0.15) is 5.37 Å². The van der Waals surface area contributed by atoms with Crippen LogP contribution < -0.4 is 10.2 Å². The molecule has 1 N–H and O–H groups in total. The van der Waals surface area contributed by atoms with Gasteiger partial charge in [-0.2, -0.15) is 0 Å². The number of amides is 2. The average molecular weight is 354 g/mol. The number of anilines is 2. The maximum absolute atomic E-state index is 12.5. The number of rotatable bonds is 5. The Balaban J connectivity index is 1.93. The molecule has 1 heterocycles. The number of nitrogens with one attached hydrogen (secondary N) is 1. The van der Waals surface area contributed by atoms with E-state index in [2.05, 4.69) is 5.32 Å². The molecule has 1 unspecified atom stereocenters. The smallest absolute Gasteiger partial charge is 0.238 e. The van der Waals surface area contributed by atoms with Gasteiger partial charge < -0.3 is 5.32 Å². The number of benzene rings is 2. The van der Waals surface area contributed by atoms with Crippen LogP contribution >= 0.6 is 11.8 Å². The van der Waals surface area contributed by atoms with E-state index in [9.17, 15) is 9.59 Å². The number of carbonyl (C=O) groups excluding carboxylic acids is 2. The summed E-state index contributed by atoms with van der Waals surface area (Å²) in [5, 5.41) is 2.86. The zero-order valence-corrected chi connectivity index (χ0v) is 15.3. The summed E-state index contributed by atoms with van der Waals surface area (Å²) in [4.78, 5) is 26.4. The summed E-state index contributed by atoms with van der Waals surface area (Å²) in [7, 11) is 0. The third kappa shape index (κ3) is 3.87. The minimum Gasteiger partial charge on any atom is -0.326 e. The summed E-state index contributed by atoms with van der Waals surface area (Å²) in [6.45, 7) is 4.01. The van der Waals surface area contributed by atoms with Crippen molar-refractivity contribution in [1.82, 2.24) is 0 Å². The number of nitrogens with zero attached hydrogens (tertiary/aromatic N) is 1. The van der Waals surface area contributed by atoms with Crippen molar-refractivity contribution in [2.45, 2.75) is 32.1 Å². The maximum atomic E-state index is 12.5. The Hall–Kier alpha value is -2.27. The van der Waals surface area contributed by atoms with Crippen LogP contribution in [0, 0.1) is 6.92 Å². The van der Waals surface area contributed by atoms with Crippen LogP contribution in [0.5, 0.6) is 0 Å². The zero-order chi connectivity index (χ0) is 17.8. The molecule has 1 atom stereocenters. The van der Waals surface area contributed by atoms with E-state index < -0.39 is 0 Å². The highest BCUT2D eigenvalue weighted by molar-refractivity contribution is 8.00. The number of hydrogen-bond donors (Lipinski definition) is 1. The molecular formula is C20H22N2O2S. The minimum absolute atomic E-state index is 0.00570. The number of carbonyl (C=O) groups is 2. The molecule has 4 nitrogen and oxygen atoms in total. The first-order chi connectivity index (χ1) is 12.1. The highest BCUT2D eigenvalue weighted by Crippen LogP contribution is 2.44. The van der Waals surface area contributed by atoms with Crippen molar-refractivity contribution in [3.8, 4) is 0 Å². The van der Waals surface area contributed by atoms with E-state index in [1.54, 1.807) is 11.8 Å². The lowest BCUT2D eigenvalue weighted by atomic mass is 10.1. The average Bonchev–Trinajstić information content (AvgIpc) is 2.98. The normalized spacial score (nSPS) is 17.0. The van der Waals surface area contributed by atoms with Crippen LogP contribution in [0.15, 0.2) is 48.5 Å². The van der Waals surface area contributed by atoms with Crippen LogP contribution in [0.1, 0.15) is 36.3 Å². The molecule has 130 valence electrons. The van der Waals surface area contributed by atoms with Crippen LogP contribution in [0.3, 0.4) is 0 Å². The van der Waals surface area contributed by atoms with Crippen LogP contribution in [-0.4, -0.2) is 17.6 Å². The van der Waals surface area contributed by atoms with Crippen LogP contribution in [-0.2, 0) is 9.59 Å². The van der Waals surface area contributed by atoms with E-state index in [4.69, 9.17) is 0 Å². The molecular weight excluding hydrogens is 332 g/mol. The van der Waals surface area contributed by atoms with Crippen LogP contribution in [0.2, 0.25) is 0 Å². The fraction of sp³-hybridized carbons (Fsp3) is 0.300. The van der Waals surface area contributed by atoms with Crippen molar-refractivity contribution < 1.29 is 9.59 Å². The predicted octanol–water partition coefficient (Wildman–Crippen LogP) is 4.51. The summed E-state index contributed by atoms with van der Waals surface area (Å²) in [6.07, 6.45) is 1.30. The second-order valence-corrected chi connectivity index (χ2v) is 7.22. The number of hydrogen-bond acceptors (Lipinski definition) is 3. The van der Waals surface area contributed by atoms with Crippen molar-refractivity contribution in [1.29, 1.82) is 0 Å². The molecule has 0 saturated carbocycles. The SMILES string of the molecule is CCCC(=O)Nc1ccccc1C1SCC(=O)N1c1ccc(C)cc1. The molecule has 3 rings (SSSR count). The van der Waals surface area contributed by atoms with Crippen molar-refractivity contribution in [2.24, 2.45) is 0 Å². The lowest BCUT2D eigenvalue weighted by Crippen LogP contribution is -2.28. The van der Waals surface area contributed by atoms with E-state index in [1.165, 1.54) is 0 Å². The first-order valence-corrected chi connectivity index (χ1v) is 9.54. The number of para-hydroxylation sites is 1. The third-order valence-corrected chi connectivity index (χ3v) is 5.35. The highest BCUT2D eigenvalue weighted by Gasteiger charge is 2.35. The Labute approximate surface area is 152 Å². The molecule has 2 aromatic carbocycles. The molecule has 1 aliphatic rings. The van der Waals surface area contributed by atoms with Gasteiger partial charge in [-0.05, 0) is 31.5 Å². The van der Waals surface area contributed by atoms with Crippen molar-refractivity contribution in [3.63, 3.8) is 0 Å². The Morgan fingerprint density at radius 2 is 1.92 bits per heavy atom. The largest absolute Gasteiger partial charge is 0.326 e. The molecule has 25 heavy (non-hydrogen) atoms. The summed E-state index contributed by atoms with van der Waals surface area (Å²) in [5.41, 5.74) is 3.79. The molecule has 1 fully saturated rings. The quantitative estimate of drug-likeness (QED) is 0.859. The van der Waals surface area contributed by atoms with Gasteiger partial charge in [-0.3, -0.25) is 14.5 Å². The monoisotopic (exact) mass is 354 g/mol. The molecule has 0 spiro atoms. The van der Waals surface area contributed by atoms with Gasteiger partial charge in [0.05, 0.1) is 5.75 Å². The summed E-state index contributed by atoms with van der Waals surface area (Å²) in [5.74, 6) is 0.537. The van der Waals surface area contributed by atoms with E-state index in [0.29, 0.717) is 12.2 Å². The molecule has 2 aromatic rings.